The molecule has 2 aromatic carbocycles. The lowest BCUT2D eigenvalue weighted by Gasteiger charge is -2.21. The molecule has 1 aliphatic heterocycles. The van der Waals surface area contributed by atoms with Crippen molar-refractivity contribution in [1.29, 1.82) is 0 Å². The Kier molecular flexibility index (Phi) is 8.65. The first kappa shape index (κ1) is 27.1. The molecule has 36 heavy (non-hydrogen) atoms. The number of carbonyl (C=O) groups is 2. The Morgan fingerprint density at radius 1 is 1.11 bits per heavy atom. The molecule has 2 N–H and O–H groups in total. The van der Waals surface area contributed by atoms with E-state index in [0.717, 1.165) is 16.7 Å². The maximum Gasteiger partial charge on any atom is 0.490 e. The van der Waals surface area contributed by atoms with Crippen LogP contribution in [-0.4, -0.2) is 40.7 Å². The number of nitrogens with one attached hydrogen (secondary N) is 1. The third kappa shape index (κ3) is 6.79. The molecule has 6 nitrogen and oxygen atoms in total. The van der Waals surface area contributed by atoms with Crippen molar-refractivity contribution < 1.29 is 32.3 Å². The second-order valence-electron chi connectivity index (χ2n) is 7.98. The van der Waals surface area contributed by atoms with Gasteiger partial charge in [-0.3, -0.25) is 15.1 Å². The minimum absolute atomic E-state index is 0.0204. The summed E-state index contributed by atoms with van der Waals surface area (Å²) in [6, 6.07) is 16.4. The number of alkyl halides is 3. The number of halogens is 5. The summed E-state index contributed by atoms with van der Waals surface area (Å²) in [5.41, 5.74) is 3.98. The predicted octanol–water partition coefficient (Wildman–Crippen LogP) is 5.63. The number of hydrogen-bond donors (Lipinski definition) is 2. The molecule has 1 amide bonds. The standard InChI is InChI=1S/C23H21ClFN3O.C2HF3O2/c1-15(16-2-4-17(5-3-16)18-8-11-26-12-9-18)27-22-10-13-28(23(22)29)19-6-7-21(25)20(24)14-19;3-2(4,5)1(6)7/h2-9,11-12,14-15,22,27H,10,13H2,1H3;(H,6,7). The number of carboxylic acid groups (broad SMARTS) is 1. The zero-order valence-corrected chi connectivity index (χ0v) is 19.7. The van der Waals surface area contributed by atoms with Gasteiger partial charge in [0.15, 0.2) is 0 Å². The fourth-order valence-corrected chi connectivity index (χ4v) is 3.83. The first-order chi connectivity index (χ1) is 17.0. The van der Waals surface area contributed by atoms with E-state index in [-0.39, 0.29) is 23.0 Å². The number of benzene rings is 2. The van der Waals surface area contributed by atoms with E-state index in [1.165, 1.54) is 12.1 Å². The van der Waals surface area contributed by atoms with E-state index in [0.29, 0.717) is 18.7 Å². The zero-order chi connectivity index (χ0) is 26.5. The molecule has 2 atom stereocenters. The van der Waals surface area contributed by atoms with Gasteiger partial charge in [0.05, 0.1) is 11.1 Å². The Balaban J connectivity index is 0.000000454. The normalized spacial score (nSPS) is 16.3. The molecule has 0 bridgehead atoms. The van der Waals surface area contributed by atoms with Crippen molar-refractivity contribution >= 4 is 29.2 Å². The SMILES string of the molecule is CC(NC1CCN(c2ccc(F)c(Cl)c2)C1=O)c1ccc(-c2ccncc2)cc1.O=C(O)C(F)(F)F. The van der Waals surface area contributed by atoms with Gasteiger partial charge in [0.2, 0.25) is 5.91 Å². The smallest absolute Gasteiger partial charge is 0.475 e. The number of aromatic nitrogens is 1. The Hall–Kier alpha value is -3.50. The number of hydrogen-bond acceptors (Lipinski definition) is 4. The van der Waals surface area contributed by atoms with E-state index in [2.05, 4.69) is 34.6 Å². The van der Waals surface area contributed by atoms with Gasteiger partial charge in [0, 0.05) is 30.7 Å². The Bertz CT molecular complexity index is 1210. The summed E-state index contributed by atoms with van der Waals surface area (Å²) in [6.45, 7) is 2.62. The van der Waals surface area contributed by atoms with E-state index in [1.54, 1.807) is 23.4 Å². The van der Waals surface area contributed by atoms with Crippen molar-refractivity contribution in [2.24, 2.45) is 0 Å². The van der Waals surface area contributed by atoms with Gasteiger partial charge in [-0.05, 0) is 60.4 Å². The molecule has 2 heterocycles. The van der Waals surface area contributed by atoms with Crippen molar-refractivity contribution in [3.05, 3.63) is 83.4 Å². The fraction of sp³-hybridized carbons (Fsp3) is 0.240. The molecule has 1 fully saturated rings. The number of pyridine rings is 1. The molecule has 0 saturated carbocycles. The number of aliphatic carboxylic acids is 1. The number of anilines is 1. The lowest BCUT2D eigenvalue weighted by Crippen LogP contribution is -2.39. The average Bonchev–Trinajstić information content (AvgIpc) is 3.21. The average molecular weight is 524 g/mol. The molecule has 3 aromatic rings. The maximum absolute atomic E-state index is 13.4. The van der Waals surface area contributed by atoms with Gasteiger partial charge in [0.1, 0.15) is 5.82 Å². The minimum atomic E-state index is -5.08. The van der Waals surface area contributed by atoms with Gasteiger partial charge < -0.3 is 10.0 Å². The van der Waals surface area contributed by atoms with Gasteiger partial charge >= 0.3 is 12.1 Å². The van der Waals surface area contributed by atoms with Crippen molar-refractivity contribution in [2.45, 2.75) is 31.6 Å². The highest BCUT2D eigenvalue weighted by atomic mass is 35.5. The van der Waals surface area contributed by atoms with Crippen LogP contribution in [0, 0.1) is 5.82 Å². The van der Waals surface area contributed by atoms with Crippen LogP contribution in [0.2, 0.25) is 5.02 Å². The number of carboxylic acids is 1. The van der Waals surface area contributed by atoms with Crippen LogP contribution in [-0.2, 0) is 9.59 Å². The number of carbonyl (C=O) groups excluding carboxylic acids is 1. The quantitative estimate of drug-likeness (QED) is 0.424. The number of nitrogens with zero attached hydrogens (tertiary/aromatic N) is 2. The summed E-state index contributed by atoms with van der Waals surface area (Å²) in [5.74, 6) is -3.26. The predicted molar refractivity (Wildman–Crippen MR) is 127 cm³/mol. The van der Waals surface area contributed by atoms with Crippen LogP contribution in [0.5, 0.6) is 0 Å². The summed E-state index contributed by atoms with van der Waals surface area (Å²) < 4.78 is 45.1. The summed E-state index contributed by atoms with van der Waals surface area (Å²) in [5, 5.41) is 10.6. The van der Waals surface area contributed by atoms with E-state index < -0.39 is 18.0 Å². The number of amides is 1. The molecule has 1 saturated heterocycles. The van der Waals surface area contributed by atoms with Gasteiger partial charge in [0.25, 0.3) is 0 Å². The first-order valence-electron chi connectivity index (χ1n) is 10.8. The molecule has 2 unspecified atom stereocenters. The highest BCUT2D eigenvalue weighted by Gasteiger charge is 2.38. The second-order valence-corrected chi connectivity index (χ2v) is 8.39. The fourth-order valence-electron chi connectivity index (χ4n) is 3.65. The Morgan fingerprint density at radius 3 is 2.25 bits per heavy atom. The van der Waals surface area contributed by atoms with Crippen LogP contribution < -0.4 is 10.2 Å². The molecule has 11 heteroatoms. The highest BCUT2D eigenvalue weighted by Crippen LogP contribution is 2.28. The largest absolute Gasteiger partial charge is 0.490 e. The summed E-state index contributed by atoms with van der Waals surface area (Å²) >= 11 is 5.87. The van der Waals surface area contributed by atoms with E-state index in [4.69, 9.17) is 21.5 Å². The van der Waals surface area contributed by atoms with E-state index >= 15 is 0 Å². The Morgan fingerprint density at radius 2 is 1.69 bits per heavy atom. The Labute approximate surface area is 209 Å². The van der Waals surface area contributed by atoms with Crippen molar-refractivity contribution in [1.82, 2.24) is 10.3 Å². The van der Waals surface area contributed by atoms with Crippen LogP contribution in [0.4, 0.5) is 23.2 Å². The monoisotopic (exact) mass is 523 g/mol. The minimum Gasteiger partial charge on any atom is -0.475 e. The first-order valence-corrected chi connectivity index (χ1v) is 11.2. The maximum atomic E-state index is 13.4. The van der Waals surface area contributed by atoms with Crippen molar-refractivity contribution in [2.75, 3.05) is 11.4 Å². The molecule has 0 radical (unpaired) electrons. The van der Waals surface area contributed by atoms with Gasteiger partial charge in [-0.1, -0.05) is 35.9 Å². The van der Waals surface area contributed by atoms with Gasteiger partial charge in [-0.25, -0.2) is 9.18 Å². The van der Waals surface area contributed by atoms with Crippen LogP contribution in [0.3, 0.4) is 0 Å². The van der Waals surface area contributed by atoms with Crippen molar-refractivity contribution in [3.8, 4) is 11.1 Å². The summed E-state index contributed by atoms with van der Waals surface area (Å²) in [6.07, 6.45) is -0.842. The lowest BCUT2D eigenvalue weighted by molar-refractivity contribution is -0.192. The molecule has 190 valence electrons. The van der Waals surface area contributed by atoms with Crippen molar-refractivity contribution in [3.63, 3.8) is 0 Å². The van der Waals surface area contributed by atoms with E-state index in [9.17, 15) is 22.4 Å². The van der Waals surface area contributed by atoms with E-state index in [1.807, 2.05) is 19.1 Å². The number of rotatable bonds is 5. The van der Waals surface area contributed by atoms with Crippen LogP contribution in [0.1, 0.15) is 24.9 Å². The van der Waals surface area contributed by atoms with Crippen LogP contribution in [0.25, 0.3) is 11.1 Å². The van der Waals surface area contributed by atoms with Crippen LogP contribution in [0.15, 0.2) is 67.0 Å². The van der Waals surface area contributed by atoms with Gasteiger partial charge in [-0.15, -0.1) is 0 Å². The molecule has 0 aliphatic carbocycles. The zero-order valence-electron chi connectivity index (χ0n) is 19.0. The topological polar surface area (TPSA) is 82.5 Å². The molecule has 1 aliphatic rings. The molecule has 4 rings (SSSR count). The van der Waals surface area contributed by atoms with Gasteiger partial charge in [-0.2, -0.15) is 13.2 Å². The third-order valence-electron chi connectivity index (χ3n) is 5.54. The van der Waals surface area contributed by atoms with Crippen LogP contribution >= 0.6 is 11.6 Å². The molecule has 0 spiro atoms. The highest BCUT2D eigenvalue weighted by molar-refractivity contribution is 6.31. The second kappa shape index (κ2) is 11.5. The molecular weight excluding hydrogens is 502 g/mol. The summed E-state index contributed by atoms with van der Waals surface area (Å²) in [4.78, 5) is 27.4. The summed E-state index contributed by atoms with van der Waals surface area (Å²) in [7, 11) is 0. The molecular formula is C25H22ClF4N3O3. The lowest BCUT2D eigenvalue weighted by atomic mass is 10.0. The molecule has 1 aromatic heterocycles. The third-order valence-corrected chi connectivity index (χ3v) is 5.83.